The largest absolute Gasteiger partial charge is 0.412 e. The molecular weight excluding hydrogens is 638 g/mol. The van der Waals surface area contributed by atoms with Crippen LogP contribution in [0.2, 0.25) is 0 Å². The highest BCUT2D eigenvalue weighted by atomic mass is 32.2. The Morgan fingerprint density at radius 3 is 2.17 bits per heavy atom. The number of hydrogen-bond donors (Lipinski definition) is 6. The third kappa shape index (κ3) is 10.1. The van der Waals surface area contributed by atoms with Gasteiger partial charge < -0.3 is 37.9 Å². The molecule has 0 spiro atoms. The SMILES string of the molecule is NC(=O)[C@H](CSC1CC(=O)N(c2ccccc2)C1=O)NC(=O)[C@@H](N)CCNC(=O)Oc1ccc(C[C@H](N)C(=O)Nc2ccccc2)cc1. The zero-order valence-corrected chi connectivity index (χ0v) is 26.7. The van der Waals surface area contributed by atoms with Crippen molar-refractivity contribution in [2.75, 3.05) is 22.5 Å². The number of nitrogens with two attached hydrogens (primary N) is 3. The molecule has 1 heterocycles. The van der Waals surface area contributed by atoms with Gasteiger partial charge in [-0.15, -0.1) is 11.8 Å². The third-order valence-corrected chi connectivity index (χ3v) is 8.57. The van der Waals surface area contributed by atoms with Crippen LogP contribution in [0.1, 0.15) is 18.4 Å². The van der Waals surface area contributed by atoms with Gasteiger partial charge in [0.1, 0.15) is 11.8 Å². The van der Waals surface area contributed by atoms with Crippen LogP contribution in [0.5, 0.6) is 5.75 Å². The summed E-state index contributed by atoms with van der Waals surface area (Å²) in [5, 5.41) is 7.00. The molecule has 1 fully saturated rings. The first-order chi connectivity index (χ1) is 23.0. The minimum absolute atomic E-state index is 0.0130. The quantitative estimate of drug-likeness (QED) is 0.125. The van der Waals surface area contributed by atoms with Gasteiger partial charge in [-0.05, 0) is 54.8 Å². The van der Waals surface area contributed by atoms with E-state index in [1.54, 1.807) is 78.9 Å². The monoisotopic (exact) mass is 675 g/mol. The Labute approximate surface area is 281 Å². The maximum atomic E-state index is 12.8. The number of imide groups is 1. The van der Waals surface area contributed by atoms with Gasteiger partial charge in [0, 0.05) is 24.4 Å². The number of carbonyl (C=O) groups is 6. The molecule has 0 saturated carbocycles. The summed E-state index contributed by atoms with van der Waals surface area (Å²) in [4.78, 5) is 75.7. The predicted molar refractivity (Wildman–Crippen MR) is 181 cm³/mol. The van der Waals surface area contributed by atoms with Gasteiger partial charge in [0.25, 0.3) is 0 Å². The van der Waals surface area contributed by atoms with E-state index in [0.29, 0.717) is 11.4 Å². The summed E-state index contributed by atoms with van der Waals surface area (Å²) in [5.41, 5.74) is 19.3. The van der Waals surface area contributed by atoms with Crippen LogP contribution in [0.15, 0.2) is 84.9 Å². The van der Waals surface area contributed by atoms with Crippen molar-refractivity contribution in [1.82, 2.24) is 10.6 Å². The molecule has 252 valence electrons. The lowest BCUT2D eigenvalue weighted by molar-refractivity contribution is -0.127. The van der Waals surface area contributed by atoms with Crippen molar-refractivity contribution in [1.29, 1.82) is 0 Å². The molecule has 6 amide bonds. The molecule has 0 radical (unpaired) electrons. The standard InChI is InChI=1S/C33H37N7O7S/c34-24(30(43)39-26(29(36)42)19-48-27-18-28(41)40(32(27)45)22-9-5-2-6-10-22)15-16-37-33(46)47-23-13-11-20(12-14-23)17-25(35)31(44)38-21-7-3-1-4-8-21/h1-14,24-27H,15-19,34-35H2,(H2,36,42)(H,37,46)(H,38,44)(H,39,43)/t24-,25-,26-,27?/m0/s1. The Bertz CT molecular complexity index is 1610. The van der Waals surface area contributed by atoms with Gasteiger partial charge in [-0.1, -0.05) is 48.5 Å². The average molecular weight is 676 g/mol. The average Bonchev–Trinajstić information content (AvgIpc) is 3.36. The number of carbonyl (C=O) groups excluding carboxylic acids is 6. The van der Waals surface area contributed by atoms with Crippen molar-refractivity contribution in [3.63, 3.8) is 0 Å². The molecule has 15 heteroatoms. The molecule has 1 saturated heterocycles. The van der Waals surface area contributed by atoms with Crippen LogP contribution in [0, 0.1) is 0 Å². The predicted octanol–water partition coefficient (Wildman–Crippen LogP) is 1.04. The molecule has 0 bridgehead atoms. The number of primary amides is 1. The summed E-state index contributed by atoms with van der Waals surface area (Å²) in [6.07, 6.45) is -0.541. The summed E-state index contributed by atoms with van der Waals surface area (Å²) >= 11 is 1.05. The molecule has 48 heavy (non-hydrogen) atoms. The van der Waals surface area contributed by atoms with Crippen molar-refractivity contribution in [3.8, 4) is 5.75 Å². The Hall–Kier alpha value is -5.25. The third-order valence-electron chi connectivity index (χ3n) is 7.27. The molecule has 4 rings (SSSR count). The van der Waals surface area contributed by atoms with E-state index in [1.165, 1.54) is 0 Å². The summed E-state index contributed by atoms with van der Waals surface area (Å²) in [7, 11) is 0. The van der Waals surface area contributed by atoms with Crippen LogP contribution < -0.4 is 42.8 Å². The molecule has 0 aliphatic carbocycles. The lowest BCUT2D eigenvalue weighted by Gasteiger charge is -2.20. The summed E-state index contributed by atoms with van der Waals surface area (Å²) in [6.45, 7) is -0.0130. The van der Waals surface area contributed by atoms with Crippen LogP contribution in [0.3, 0.4) is 0 Å². The van der Waals surface area contributed by atoms with E-state index in [1.807, 2.05) is 6.07 Å². The molecule has 3 aromatic carbocycles. The van der Waals surface area contributed by atoms with E-state index in [0.717, 1.165) is 22.2 Å². The summed E-state index contributed by atoms with van der Waals surface area (Å²) < 4.78 is 5.25. The number of nitrogens with one attached hydrogen (secondary N) is 3. The zero-order chi connectivity index (χ0) is 34.6. The fourth-order valence-corrected chi connectivity index (χ4v) is 5.85. The van der Waals surface area contributed by atoms with Gasteiger partial charge >= 0.3 is 6.09 Å². The Morgan fingerprint density at radius 2 is 1.52 bits per heavy atom. The number of benzene rings is 3. The molecule has 1 unspecified atom stereocenters. The van der Waals surface area contributed by atoms with Crippen molar-refractivity contribution < 1.29 is 33.5 Å². The molecule has 4 atom stereocenters. The maximum absolute atomic E-state index is 12.8. The van der Waals surface area contributed by atoms with E-state index in [2.05, 4.69) is 16.0 Å². The molecular formula is C33H37N7O7S. The van der Waals surface area contributed by atoms with Gasteiger partial charge in [-0.3, -0.25) is 24.0 Å². The highest BCUT2D eigenvalue weighted by Crippen LogP contribution is 2.29. The molecule has 1 aliphatic rings. The van der Waals surface area contributed by atoms with Gasteiger partial charge in [0.05, 0.1) is 23.0 Å². The minimum Gasteiger partial charge on any atom is -0.410 e. The van der Waals surface area contributed by atoms with Gasteiger partial charge in [-0.25, -0.2) is 9.69 Å². The number of hydrogen-bond acceptors (Lipinski definition) is 10. The molecule has 14 nitrogen and oxygen atoms in total. The highest BCUT2D eigenvalue weighted by molar-refractivity contribution is 8.00. The molecule has 3 aromatic rings. The maximum Gasteiger partial charge on any atom is 0.412 e. The number of amides is 6. The van der Waals surface area contributed by atoms with Crippen LogP contribution in [0.4, 0.5) is 16.2 Å². The van der Waals surface area contributed by atoms with Crippen LogP contribution in [-0.4, -0.2) is 71.3 Å². The summed E-state index contributed by atoms with van der Waals surface area (Å²) in [5.74, 6) is -2.41. The van der Waals surface area contributed by atoms with Crippen LogP contribution >= 0.6 is 11.8 Å². The first kappa shape index (κ1) is 35.6. The van der Waals surface area contributed by atoms with Crippen molar-refractivity contribution in [3.05, 3.63) is 90.5 Å². The number of thioether (sulfide) groups is 1. The fourth-order valence-electron chi connectivity index (χ4n) is 4.67. The Morgan fingerprint density at radius 1 is 0.875 bits per heavy atom. The Balaban J connectivity index is 1.16. The normalized spacial score (nSPS) is 16.0. The number of ether oxygens (including phenoxy) is 1. The fraction of sp³-hybridized carbons (Fsp3) is 0.273. The van der Waals surface area contributed by atoms with Crippen molar-refractivity contribution in [2.45, 2.75) is 42.6 Å². The van der Waals surface area contributed by atoms with E-state index in [9.17, 15) is 28.8 Å². The van der Waals surface area contributed by atoms with E-state index in [4.69, 9.17) is 21.9 Å². The van der Waals surface area contributed by atoms with E-state index in [-0.39, 0.29) is 49.1 Å². The zero-order valence-electron chi connectivity index (χ0n) is 25.9. The number of nitrogens with zero attached hydrogens (tertiary/aromatic N) is 1. The minimum atomic E-state index is -1.14. The topological polar surface area (TPSA) is 229 Å². The number of anilines is 2. The molecule has 9 N–H and O–H groups in total. The van der Waals surface area contributed by atoms with Gasteiger partial charge in [0.2, 0.25) is 29.5 Å². The van der Waals surface area contributed by atoms with Gasteiger partial charge in [-0.2, -0.15) is 0 Å². The van der Waals surface area contributed by atoms with E-state index >= 15 is 0 Å². The summed E-state index contributed by atoms with van der Waals surface area (Å²) in [6, 6.07) is 20.9. The second-order valence-electron chi connectivity index (χ2n) is 10.9. The smallest absolute Gasteiger partial charge is 0.410 e. The van der Waals surface area contributed by atoms with Crippen LogP contribution in [-0.2, 0) is 30.4 Å². The Kier molecular flexibility index (Phi) is 12.7. The highest BCUT2D eigenvalue weighted by Gasteiger charge is 2.40. The van der Waals surface area contributed by atoms with Gasteiger partial charge in [0.15, 0.2) is 0 Å². The number of rotatable bonds is 15. The van der Waals surface area contributed by atoms with E-state index < -0.39 is 47.2 Å². The second-order valence-corrected chi connectivity index (χ2v) is 12.1. The lowest BCUT2D eigenvalue weighted by Crippen LogP contribution is -2.52. The lowest BCUT2D eigenvalue weighted by atomic mass is 10.1. The van der Waals surface area contributed by atoms with Crippen LogP contribution in [0.25, 0.3) is 0 Å². The second kappa shape index (κ2) is 17.1. The number of para-hydroxylation sites is 2. The first-order valence-electron chi connectivity index (χ1n) is 15.1. The molecule has 0 aromatic heterocycles. The first-order valence-corrected chi connectivity index (χ1v) is 16.1. The van der Waals surface area contributed by atoms with Crippen molar-refractivity contribution in [2.24, 2.45) is 17.2 Å². The van der Waals surface area contributed by atoms with Crippen molar-refractivity contribution >= 4 is 58.8 Å². The molecule has 1 aliphatic heterocycles.